The molecule has 0 radical (unpaired) electrons. The number of methoxy groups -OCH3 is 2. The number of urea groups is 2. The van der Waals surface area contributed by atoms with Gasteiger partial charge >= 0.3 is 31.5 Å². The van der Waals surface area contributed by atoms with Crippen LogP contribution >= 0.6 is 36.1 Å². The maximum Gasteiger partial charge on any atom is 0.495 e. The van der Waals surface area contributed by atoms with E-state index in [4.69, 9.17) is 34.0 Å². The number of ether oxygens (including phenoxy) is 4. The van der Waals surface area contributed by atoms with E-state index >= 15 is 0 Å². The van der Waals surface area contributed by atoms with Crippen molar-refractivity contribution in [3.8, 4) is 11.1 Å². The standard InChI is InChI=1S/C23H30F3N5O2.C20H28BF3N2O3.C13H20IN3O2.C4H10O.H2S/c1-14-4-5-18(29-22(32)31-7-6-16(12-31)11-23(24,25)26)10-19(14)17-8-20(27)30-21(9-17)28-15(2)13-33-3;1-13-6-7-15(10-16(13)21-28-18(2,3)19(4,5)29-21)25-17(27)26-9-8-14(12-26)11-20(22,23)24;1-10(9-18-2)15-12-7-11(14)8-13(16-12)17-3-5-19-6-4-17;1-3-5-4-2;/h4-5,8-10,15-16H,6-7,11-13H2,1-3H3,(H,29,32)(H3,27,28,30);6-7,10,14H,8-9,11-12H2,1-5H3,(H,25,27);7-8,10H,3-6,9H2,1-2H3,(H,15,16);3-4H2,1-2H3;1H2/t15-,16+;14-;10-;;/m101../s1. The zero-order chi connectivity index (χ0) is 63.6. The van der Waals surface area contributed by atoms with Gasteiger partial charge in [0.15, 0.2) is 0 Å². The van der Waals surface area contributed by atoms with Gasteiger partial charge in [0.05, 0.1) is 37.6 Å². The van der Waals surface area contributed by atoms with Crippen LogP contribution in [0.4, 0.5) is 70.6 Å². The number of rotatable bonds is 17. The molecule has 0 aliphatic carbocycles. The van der Waals surface area contributed by atoms with Gasteiger partial charge in [0, 0.05) is 107 Å². The SMILES string of the molecule is CCOCC.COC[C@@H](C)Nc1cc(-c2cc(NC(=O)N3CC[C@@H](CC(F)(F)F)C3)ccc2C)cc(N)n1.COC[C@@H](C)Nc1cc(I)cc(N2CCOCC2)n1.Cc1ccc(NC(=O)N2CC[C@@H](CC(F)(F)F)C2)cc1B1OC(C)(C)C(C)(C)O1.S. The highest BCUT2D eigenvalue weighted by atomic mass is 127. The molecule has 4 aliphatic rings. The van der Waals surface area contributed by atoms with E-state index in [0.29, 0.717) is 62.2 Å². The second kappa shape index (κ2) is 34.2. The Hall–Kier alpha value is -5.04. The first-order valence-corrected chi connectivity index (χ1v) is 30.2. The number of halogens is 7. The first kappa shape index (κ1) is 74.4. The maximum atomic E-state index is 12.6. The van der Waals surface area contributed by atoms with Crippen LogP contribution in [0.5, 0.6) is 0 Å². The number of likely N-dealkylation sites (tertiary alicyclic amines) is 2. The summed E-state index contributed by atoms with van der Waals surface area (Å²) in [6.45, 7) is 26.8. The molecule has 4 atom stereocenters. The van der Waals surface area contributed by atoms with Gasteiger partial charge in [0.1, 0.15) is 23.3 Å². The number of nitrogen functional groups attached to an aromatic ring is 1. The van der Waals surface area contributed by atoms with Gasteiger partial charge < -0.3 is 70.0 Å². The number of aromatic nitrogens is 2. The largest absolute Gasteiger partial charge is 0.495 e. The molecular weight excluding hydrogens is 1270 g/mol. The lowest BCUT2D eigenvalue weighted by atomic mass is 9.76. The number of nitrogens with one attached hydrogen (secondary N) is 4. The molecule has 8 rings (SSSR count). The molecule has 6 heterocycles. The third-order valence-corrected chi connectivity index (χ3v) is 15.6. The second-order valence-corrected chi connectivity index (χ2v) is 24.2. The summed E-state index contributed by atoms with van der Waals surface area (Å²) in [4.78, 5) is 39.3. The van der Waals surface area contributed by atoms with E-state index in [1.807, 2.05) is 86.6 Å². The van der Waals surface area contributed by atoms with Gasteiger partial charge in [-0.15, -0.1) is 0 Å². The van der Waals surface area contributed by atoms with E-state index in [0.717, 1.165) is 78.9 Å². The molecule has 2 aromatic carbocycles. The lowest BCUT2D eigenvalue weighted by molar-refractivity contribution is -0.144. The summed E-state index contributed by atoms with van der Waals surface area (Å²) in [7, 11) is 2.78. The highest BCUT2D eigenvalue weighted by Gasteiger charge is 2.52. The van der Waals surface area contributed by atoms with Crippen molar-refractivity contribution in [3.63, 3.8) is 0 Å². The number of anilines is 6. The molecule has 6 N–H and O–H groups in total. The summed E-state index contributed by atoms with van der Waals surface area (Å²) in [5, 5.41) is 12.2. The van der Waals surface area contributed by atoms with Crippen molar-refractivity contribution in [1.29, 1.82) is 0 Å². The quantitative estimate of drug-likeness (QED) is 0.0380. The van der Waals surface area contributed by atoms with Gasteiger partial charge in [-0.05, 0) is 187 Å². The van der Waals surface area contributed by atoms with Crippen molar-refractivity contribution in [2.75, 3.05) is 125 Å². The predicted molar refractivity (Wildman–Crippen MR) is 347 cm³/mol. The van der Waals surface area contributed by atoms with Crippen LogP contribution in [0.2, 0.25) is 0 Å². The average molecular weight is 1360 g/mol. The number of nitrogens with zero attached hydrogens (tertiary/aromatic N) is 5. The first-order valence-electron chi connectivity index (χ1n) is 29.1. The van der Waals surface area contributed by atoms with Crippen LogP contribution in [0.3, 0.4) is 0 Å². The average Bonchev–Trinajstić information content (AvgIpc) is 2.91. The van der Waals surface area contributed by atoms with Gasteiger partial charge in [-0.2, -0.15) is 39.8 Å². The van der Waals surface area contributed by atoms with E-state index in [1.165, 1.54) is 13.4 Å². The summed E-state index contributed by atoms with van der Waals surface area (Å²) < 4.78 is 110. The molecule has 0 unspecified atom stereocenters. The number of aryl methyl sites for hydroxylation is 2. The Morgan fingerprint density at radius 3 is 1.68 bits per heavy atom. The van der Waals surface area contributed by atoms with Gasteiger partial charge in [0.25, 0.3) is 0 Å². The van der Waals surface area contributed by atoms with Crippen molar-refractivity contribution in [1.82, 2.24) is 19.8 Å². The number of amides is 4. The third-order valence-electron chi connectivity index (χ3n) is 15.0. The van der Waals surface area contributed by atoms with Crippen molar-refractivity contribution in [2.45, 2.75) is 131 Å². The molecule has 4 aliphatic heterocycles. The monoisotopic (exact) mass is 1360 g/mol. The van der Waals surface area contributed by atoms with Crippen molar-refractivity contribution in [2.24, 2.45) is 11.8 Å². The normalized spacial score (nSPS) is 18.6. The minimum Gasteiger partial charge on any atom is -0.399 e. The van der Waals surface area contributed by atoms with Gasteiger partial charge in [-0.1, -0.05) is 17.7 Å². The van der Waals surface area contributed by atoms with Crippen molar-refractivity contribution >= 4 is 95.4 Å². The Bertz CT molecular complexity index is 2790. The minimum atomic E-state index is -4.22. The molecular formula is C60H90BF6IN10O8S. The second-order valence-electron chi connectivity index (χ2n) is 23.0. The van der Waals surface area contributed by atoms with Crippen molar-refractivity contribution in [3.05, 3.63) is 75.4 Å². The molecule has 486 valence electrons. The molecule has 4 fully saturated rings. The molecule has 18 nitrogen and oxygen atoms in total. The van der Waals surface area contributed by atoms with Crippen LogP contribution < -0.4 is 37.4 Å². The Balaban J connectivity index is 0.000000275. The zero-order valence-corrected chi connectivity index (χ0v) is 55.4. The molecule has 4 amide bonds. The Morgan fingerprint density at radius 1 is 0.724 bits per heavy atom. The highest BCUT2D eigenvalue weighted by molar-refractivity contribution is 14.1. The fourth-order valence-corrected chi connectivity index (χ4v) is 10.5. The number of carbonyl (C=O) groups is 2. The highest BCUT2D eigenvalue weighted by Crippen LogP contribution is 2.38. The van der Waals surface area contributed by atoms with Gasteiger partial charge in [0.2, 0.25) is 0 Å². The number of nitrogens with two attached hydrogens (primary N) is 1. The number of hydrogen-bond donors (Lipinski definition) is 5. The van der Waals surface area contributed by atoms with Crippen LogP contribution in [0.1, 0.15) is 92.2 Å². The smallest absolute Gasteiger partial charge is 0.399 e. The molecule has 27 heteroatoms. The van der Waals surface area contributed by atoms with Crippen LogP contribution in [0.15, 0.2) is 60.7 Å². The van der Waals surface area contributed by atoms with Gasteiger partial charge in [-0.25, -0.2) is 19.6 Å². The molecule has 4 saturated heterocycles. The van der Waals surface area contributed by atoms with E-state index in [1.54, 1.807) is 38.5 Å². The van der Waals surface area contributed by atoms with Crippen molar-refractivity contribution < 1.29 is 64.2 Å². The van der Waals surface area contributed by atoms with Crippen LogP contribution in [-0.4, -0.2) is 168 Å². The molecule has 0 bridgehead atoms. The lowest BCUT2D eigenvalue weighted by Gasteiger charge is -2.32. The maximum absolute atomic E-state index is 12.6. The lowest BCUT2D eigenvalue weighted by Crippen LogP contribution is -2.41. The molecule has 0 spiro atoms. The van der Waals surface area contributed by atoms with E-state index < -0.39 is 67.4 Å². The zero-order valence-electron chi connectivity index (χ0n) is 52.2. The predicted octanol–water partition coefficient (Wildman–Crippen LogP) is 12.1. The molecule has 87 heavy (non-hydrogen) atoms. The van der Waals surface area contributed by atoms with Gasteiger partial charge in [-0.3, -0.25) is 0 Å². The van der Waals surface area contributed by atoms with E-state index in [9.17, 15) is 35.9 Å². The number of pyridine rings is 2. The minimum absolute atomic E-state index is 0. The third kappa shape index (κ3) is 24.4. The number of hydrogen-bond acceptors (Lipinski definition) is 14. The fourth-order valence-electron chi connectivity index (χ4n) is 9.97. The van der Waals surface area contributed by atoms with E-state index in [-0.39, 0.29) is 38.7 Å². The van der Waals surface area contributed by atoms with Crippen LogP contribution in [-0.2, 0) is 28.3 Å². The Kier molecular flexibility index (Phi) is 29.3. The number of benzene rings is 2. The Morgan fingerprint density at radius 2 is 1.21 bits per heavy atom. The Labute approximate surface area is 530 Å². The summed E-state index contributed by atoms with van der Waals surface area (Å²) >= 11 is 2.33. The first-order chi connectivity index (χ1) is 40.4. The van der Waals surface area contributed by atoms with Crippen LogP contribution in [0.25, 0.3) is 11.1 Å². The molecule has 4 aromatic rings. The molecule has 2 aromatic heterocycles. The summed E-state index contributed by atoms with van der Waals surface area (Å²) in [5.41, 5.74) is 10.6. The fraction of sp³-hybridized carbons (Fsp3) is 0.600. The summed E-state index contributed by atoms with van der Waals surface area (Å²) in [5.74, 6) is 1.77. The summed E-state index contributed by atoms with van der Waals surface area (Å²) in [6.07, 6.45) is -9.43. The topological polar surface area (TPSA) is 199 Å². The number of alkyl halides is 6. The number of carbonyl (C=O) groups excluding carboxylic acids is 2. The summed E-state index contributed by atoms with van der Waals surface area (Å²) in [6, 6.07) is 18.2. The molecule has 0 saturated carbocycles. The van der Waals surface area contributed by atoms with E-state index in [2.05, 4.69) is 77.8 Å². The number of morpholine rings is 1. The van der Waals surface area contributed by atoms with Crippen LogP contribution in [0, 0.1) is 29.3 Å².